The third-order valence-corrected chi connectivity index (χ3v) is 7.67. The number of anilines is 2. The van der Waals surface area contributed by atoms with Crippen LogP contribution in [-0.2, 0) is 24.7 Å². The van der Waals surface area contributed by atoms with E-state index in [0.717, 1.165) is 79.2 Å². The van der Waals surface area contributed by atoms with Gasteiger partial charge in [0.15, 0.2) is 0 Å². The highest BCUT2D eigenvalue weighted by atomic mass is 16.5. The molecule has 5 rings (SSSR count). The Morgan fingerprint density at radius 2 is 2.05 bits per heavy atom. The van der Waals surface area contributed by atoms with Crippen molar-refractivity contribution in [3.05, 3.63) is 66.0 Å². The summed E-state index contributed by atoms with van der Waals surface area (Å²) in [6.07, 6.45) is 10.6. The van der Waals surface area contributed by atoms with Gasteiger partial charge in [0.25, 0.3) is 0 Å². The van der Waals surface area contributed by atoms with Crippen LogP contribution in [0.5, 0.6) is 5.75 Å². The number of pyridine rings is 2. The van der Waals surface area contributed by atoms with Gasteiger partial charge in [0, 0.05) is 44.3 Å². The summed E-state index contributed by atoms with van der Waals surface area (Å²) in [6, 6.07) is 9.30. The molecule has 42 heavy (non-hydrogen) atoms. The van der Waals surface area contributed by atoms with Gasteiger partial charge in [-0.25, -0.2) is 19.7 Å². The summed E-state index contributed by atoms with van der Waals surface area (Å²) in [7, 11) is 1.90. The molecule has 0 aromatic carbocycles. The molecule has 5 heterocycles. The van der Waals surface area contributed by atoms with Crippen LogP contribution in [0.1, 0.15) is 42.6 Å². The number of hydrogen-bond acceptors (Lipinski definition) is 9. The Hall–Kier alpha value is -4.25. The van der Waals surface area contributed by atoms with E-state index in [-0.39, 0.29) is 0 Å². The number of rotatable bonds is 15. The number of carboxylic acid groups (broad SMARTS) is 1. The lowest BCUT2D eigenvalue weighted by atomic mass is 10.1. The number of aliphatic carboxylic acids is 1. The van der Waals surface area contributed by atoms with Gasteiger partial charge in [-0.1, -0.05) is 6.07 Å². The van der Waals surface area contributed by atoms with E-state index < -0.39 is 12.0 Å². The third kappa shape index (κ3) is 7.73. The van der Waals surface area contributed by atoms with Crippen molar-refractivity contribution in [2.24, 2.45) is 7.05 Å². The first kappa shape index (κ1) is 29.2. The first-order valence-electron chi connectivity index (χ1n) is 14.7. The number of carboxylic acids is 1. The van der Waals surface area contributed by atoms with Gasteiger partial charge in [-0.2, -0.15) is 0 Å². The van der Waals surface area contributed by atoms with E-state index in [2.05, 4.69) is 42.6 Å². The zero-order chi connectivity index (χ0) is 29.3. The minimum atomic E-state index is -0.910. The van der Waals surface area contributed by atoms with Crippen LogP contribution >= 0.6 is 0 Å². The second-order valence-corrected chi connectivity index (χ2v) is 10.8. The molecule has 0 amide bonds. The van der Waals surface area contributed by atoms with Crippen molar-refractivity contribution in [2.75, 3.05) is 43.4 Å². The lowest BCUT2D eigenvalue weighted by Gasteiger charge is -2.25. The minimum absolute atomic E-state index is 0.414. The van der Waals surface area contributed by atoms with Crippen LogP contribution in [0.3, 0.4) is 0 Å². The smallest absolute Gasteiger partial charge is 0.326 e. The van der Waals surface area contributed by atoms with Crippen LogP contribution in [0.4, 0.5) is 11.6 Å². The first-order chi connectivity index (χ1) is 20.5. The average Bonchev–Trinajstić information content (AvgIpc) is 3.39. The van der Waals surface area contributed by atoms with Crippen LogP contribution < -0.4 is 15.4 Å². The molecule has 4 aromatic rings. The van der Waals surface area contributed by atoms with Crippen LogP contribution in [0.15, 0.2) is 49.1 Å². The van der Waals surface area contributed by atoms with Gasteiger partial charge in [-0.05, 0) is 81.8 Å². The predicted molar refractivity (Wildman–Crippen MR) is 163 cm³/mol. The number of ether oxygens (including phenoxy) is 1. The van der Waals surface area contributed by atoms with E-state index in [1.54, 1.807) is 6.20 Å². The number of carbonyl (C=O) groups is 1. The second-order valence-electron chi connectivity index (χ2n) is 10.8. The molecule has 0 bridgehead atoms. The quantitative estimate of drug-likeness (QED) is 0.179. The highest BCUT2D eigenvalue weighted by Crippen LogP contribution is 2.22. The summed E-state index contributed by atoms with van der Waals surface area (Å²) in [6.45, 7) is 5.53. The lowest BCUT2D eigenvalue weighted by Crippen LogP contribution is -2.37. The Balaban J connectivity index is 1.17. The number of unbranched alkanes of at least 4 members (excludes halogenated alkanes) is 1. The molecule has 4 aromatic heterocycles. The Kier molecular flexibility index (Phi) is 9.81. The van der Waals surface area contributed by atoms with Crippen LogP contribution in [0, 0.1) is 6.92 Å². The molecule has 0 saturated carbocycles. The summed E-state index contributed by atoms with van der Waals surface area (Å²) < 4.78 is 7.84. The lowest BCUT2D eigenvalue weighted by molar-refractivity contribution is -0.138. The minimum Gasteiger partial charge on any atom is -0.491 e. The Morgan fingerprint density at radius 3 is 2.88 bits per heavy atom. The fraction of sp³-hybridized carbons (Fsp3) is 0.452. The molecule has 0 aliphatic carbocycles. The monoisotopic (exact) mass is 572 g/mol. The van der Waals surface area contributed by atoms with E-state index in [0.29, 0.717) is 31.9 Å². The predicted octanol–water partition coefficient (Wildman–Crippen LogP) is 4.08. The molecule has 11 nitrogen and oxygen atoms in total. The Labute approximate surface area is 246 Å². The molecule has 0 saturated heterocycles. The molecular formula is C31H40N8O3. The molecule has 1 aliphatic rings. The number of fused-ring (bicyclic) bond motifs is 2. The summed E-state index contributed by atoms with van der Waals surface area (Å²) in [5, 5.41) is 17.4. The van der Waals surface area contributed by atoms with Crippen molar-refractivity contribution in [3.8, 4) is 5.75 Å². The third-order valence-electron chi connectivity index (χ3n) is 7.67. The van der Waals surface area contributed by atoms with E-state index >= 15 is 0 Å². The zero-order valence-electron chi connectivity index (χ0n) is 24.4. The first-order valence-corrected chi connectivity index (χ1v) is 14.7. The zero-order valence-corrected chi connectivity index (χ0v) is 24.4. The molecule has 0 spiro atoms. The highest BCUT2D eigenvalue weighted by molar-refractivity contribution is 5.89. The van der Waals surface area contributed by atoms with Gasteiger partial charge in [0.1, 0.15) is 42.0 Å². The number of nitrogens with zero attached hydrogens (tertiary/aromatic N) is 6. The van der Waals surface area contributed by atoms with E-state index in [4.69, 9.17) is 9.72 Å². The van der Waals surface area contributed by atoms with Gasteiger partial charge in [-0.15, -0.1) is 0 Å². The van der Waals surface area contributed by atoms with Crippen molar-refractivity contribution >= 4 is 28.6 Å². The number of hydrogen-bond donors (Lipinski definition) is 3. The summed E-state index contributed by atoms with van der Waals surface area (Å²) in [4.78, 5) is 32.3. The SMILES string of the molecule is Cc1ccc(OCCN(CCCCc2ccc3c(n2)NCCC3)CC[C@H](Nc2ncnc3c2ccn3C)C(=O)O)cn1. The maximum absolute atomic E-state index is 12.2. The summed E-state index contributed by atoms with van der Waals surface area (Å²) >= 11 is 0. The maximum atomic E-state index is 12.2. The molecule has 0 fully saturated rings. The summed E-state index contributed by atoms with van der Waals surface area (Å²) in [5.74, 6) is 1.38. The highest BCUT2D eigenvalue weighted by Gasteiger charge is 2.21. The largest absolute Gasteiger partial charge is 0.491 e. The van der Waals surface area contributed by atoms with Crippen molar-refractivity contribution in [1.82, 2.24) is 29.4 Å². The molecule has 0 radical (unpaired) electrons. The molecule has 1 atom stereocenters. The molecular weight excluding hydrogens is 532 g/mol. The van der Waals surface area contributed by atoms with Crippen molar-refractivity contribution in [1.29, 1.82) is 0 Å². The second kappa shape index (κ2) is 14.1. The van der Waals surface area contributed by atoms with Crippen molar-refractivity contribution in [3.63, 3.8) is 0 Å². The normalized spacial score (nSPS) is 13.5. The van der Waals surface area contributed by atoms with Crippen LogP contribution in [0.2, 0.25) is 0 Å². The van der Waals surface area contributed by atoms with Crippen molar-refractivity contribution < 1.29 is 14.6 Å². The van der Waals surface area contributed by atoms with Crippen LogP contribution in [0.25, 0.3) is 11.0 Å². The van der Waals surface area contributed by atoms with E-state index in [1.807, 2.05) is 42.9 Å². The number of nitrogens with one attached hydrogen (secondary N) is 2. The van der Waals surface area contributed by atoms with E-state index in [1.165, 1.54) is 11.9 Å². The van der Waals surface area contributed by atoms with Gasteiger partial charge in [0.2, 0.25) is 0 Å². The molecule has 11 heteroatoms. The molecule has 0 unspecified atom stereocenters. The van der Waals surface area contributed by atoms with Gasteiger partial charge in [0.05, 0.1) is 11.6 Å². The van der Waals surface area contributed by atoms with Gasteiger partial charge in [-0.3, -0.25) is 9.88 Å². The van der Waals surface area contributed by atoms with Crippen molar-refractivity contribution in [2.45, 2.75) is 51.5 Å². The molecule has 222 valence electrons. The van der Waals surface area contributed by atoms with Gasteiger partial charge >= 0.3 is 5.97 Å². The standard InChI is InChI=1S/C31H40N8O3/c1-22-8-11-25(20-33-22)42-19-18-39(15-4-3-7-24-10-9-23-6-5-14-32-28(23)36-24)17-13-27(31(40)41)37-29-26-12-16-38(2)30(26)35-21-34-29/h8-12,16,20-21,27H,3-7,13-15,17-19H2,1-2H3,(H,32,36)(H,40,41)(H,34,35,37)/t27-/m0/s1. The molecule has 3 N–H and O–H groups in total. The van der Waals surface area contributed by atoms with Crippen LogP contribution in [-0.4, -0.2) is 79.3 Å². The number of aromatic nitrogens is 5. The summed E-state index contributed by atoms with van der Waals surface area (Å²) in [5.41, 5.74) is 4.11. The van der Waals surface area contributed by atoms with E-state index in [9.17, 15) is 9.90 Å². The average molecular weight is 573 g/mol. The molecule has 1 aliphatic heterocycles. The maximum Gasteiger partial charge on any atom is 0.326 e. The Bertz CT molecular complexity index is 1470. The number of aryl methyl sites for hydroxylation is 4. The van der Waals surface area contributed by atoms with Gasteiger partial charge < -0.3 is 25.0 Å². The topological polar surface area (TPSA) is 130 Å². The fourth-order valence-corrected chi connectivity index (χ4v) is 5.24. The fourth-order valence-electron chi connectivity index (χ4n) is 5.24. The Morgan fingerprint density at radius 1 is 1.14 bits per heavy atom.